The lowest BCUT2D eigenvalue weighted by Crippen LogP contribution is -2.35. The van der Waals surface area contributed by atoms with E-state index in [0.29, 0.717) is 30.0 Å². The lowest BCUT2D eigenvalue weighted by Gasteiger charge is -2.34. The van der Waals surface area contributed by atoms with Crippen LogP contribution in [-0.2, 0) is 10.9 Å². The molecule has 0 unspecified atom stereocenters. The van der Waals surface area contributed by atoms with Crippen molar-refractivity contribution in [3.63, 3.8) is 0 Å². The summed E-state index contributed by atoms with van der Waals surface area (Å²) in [6, 6.07) is 5.27. The molecule has 37 heavy (non-hydrogen) atoms. The van der Waals surface area contributed by atoms with Crippen LogP contribution in [-0.4, -0.2) is 62.3 Å². The highest BCUT2D eigenvalue weighted by molar-refractivity contribution is 5.88. The fourth-order valence-corrected chi connectivity index (χ4v) is 4.42. The number of aromatic nitrogens is 6. The van der Waals surface area contributed by atoms with E-state index >= 15 is 0 Å². The van der Waals surface area contributed by atoms with Crippen molar-refractivity contribution in [1.29, 1.82) is 0 Å². The van der Waals surface area contributed by atoms with E-state index in [1.54, 1.807) is 13.1 Å². The van der Waals surface area contributed by atoms with Crippen LogP contribution in [0.3, 0.4) is 0 Å². The Kier molecular flexibility index (Phi) is 6.44. The Hall–Kier alpha value is -4.16. The van der Waals surface area contributed by atoms with Crippen molar-refractivity contribution < 1.29 is 27.4 Å². The van der Waals surface area contributed by atoms with E-state index in [-0.39, 0.29) is 24.2 Å². The van der Waals surface area contributed by atoms with Crippen LogP contribution < -0.4 is 9.64 Å². The summed E-state index contributed by atoms with van der Waals surface area (Å²) in [6.45, 7) is 3.29. The van der Waals surface area contributed by atoms with Gasteiger partial charge < -0.3 is 14.4 Å². The van der Waals surface area contributed by atoms with E-state index in [2.05, 4.69) is 25.1 Å². The summed E-state index contributed by atoms with van der Waals surface area (Å²) in [5.74, 6) is 0.0460. The maximum atomic E-state index is 12.9. The molecule has 10 nitrogen and oxygen atoms in total. The summed E-state index contributed by atoms with van der Waals surface area (Å²) in [6.07, 6.45) is 1.59. The SMILES string of the molecule is CCOC(=O)c1cnn(-c2nc(OC)c3c(cnn3C3CCN(c4ccc(C(F)(F)F)cc4)CC3)n2)c1. The topological polar surface area (TPSA) is 100 Å². The molecule has 1 aromatic carbocycles. The Morgan fingerprint density at radius 2 is 1.81 bits per heavy atom. The largest absolute Gasteiger partial charge is 0.479 e. The number of esters is 1. The summed E-state index contributed by atoms with van der Waals surface area (Å²) in [5, 5.41) is 8.71. The Morgan fingerprint density at radius 3 is 2.46 bits per heavy atom. The molecule has 3 aromatic heterocycles. The van der Waals surface area contributed by atoms with Crippen LogP contribution in [0.25, 0.3) is 17.0 Å². The number of nitrogens with zero attached hydrogens (tertiary/aromatic N) is 7. The number of anilines is 1. The van der Waals surface area contributed by atoms with Gasteiger partial charge in [-0.1, -0.05) is 0 Å². The highest BCUT2D eigenvalue weighted by Gasteiger charge is 2.31. The molecule has 1 aliphatic rings. The molecule has 0 bridgehead atoms. The van der Waals surface area contributed by atoms with Crippen molar-refractivity contribution in [1.82, 2.24) is 29.5 Å². The first-order valence-electron chi connectivity index (χ1n) is 11.7. The number of carbonyl (C=O) groups excluding carboxylic acids is 1. The second-order valence-corrected chi connectivity index (χ2v) is 8.51. The monoisotopic (exact) mass is 515 g/mol. The third-order valence-electron chi connectivity index (χ3n) is 6.26. The van der Waals surface area contributed by atoms with E-state index in [1.165, 1.54) is 36.3 Å². The van der Waals surface area contributed by atoms with Gasteiger partial charge in [-0.15, -0.1) is 0 Å². The second kappa shape index (κ2) is 9.71. The van der Waals surface area contributed by atoms with Gasteiger partial charge in [-0.2, -0.15) is 28.4 Å². The lowest BCUT2D eigenvalue weighted by atomic mass is 10.0. The van der Waals surface area contributed by atoms with Gasteiger partial charge in [-0.05, 0) is 44.0 Å². The smallest absolute Gasteiger partial charge is 0.416 e. The molecular formula is C24H24F3N7O3. The van der Waals surface area contributed by atoms with Crippen LogP contribution in [0.2, 0.25) is 0 Å². The second-order valence-electron chi connectivity index (χ2n) is 8.51. The molecule has 1 saturated heterocycles. The van der Waals surface area contributed by atoms with E-state index in [1.807, 2.05) is 4.68 Å². The first kappa shape index (κ1) is 24.5. The highest BCUT2D eigenvalue weighted by Crippen LogP contribution is 2.34. The zero-order chi connectivity index (χ0) is 26.2. The Balaban J connectivity index is 1.35. The number of fused-ring (bicyclic) bond motifs is 1. The molecule has 5 rings (SSSR count). The van der Waals surface area contributed by atoms with Crippen molar-refractivity contribution in [3.8, 4) is 11.8 Å². The minimum atomic E-state index is -4.35. The first-order valence-corrected chi connectivity index (χ1v) is 11.7. The van der Waals surface area contributed by atoms with Crippen LogP contribution in [0.15, 0.2) is 42.9 Å². The number of halogens is 3. The number of ether oxygens (including phenoxy) is 2. The fourth-order valence-electron chi connectivity index (χ4n) is 4.42. The van der Waals surface area contributed by atoms with Crippen molar-refractivity contribution in [3.05, 3.63) is 54.0 Å². The molecule has 0 radical (unpaired) electrons. The number of carbonyl (C=O) groups is 1. The quantitative estimate of drug-likeness (QED) is 0.355. The van der Waals surface area contributed by atoms with Gasteiger partial charge in [0.1, 0.15) is 11.0 Å². The molecule has 4 aromatic rings. The molecule has 194 valence electrons. The number of methoxy groups -OCH3 is 1. The normalized spacial score (nSPS) is 14.8. The molecule has 0 aliphatic carbocycles. The van der Waals surface area contributed by atoms with Gasteiger partial charge in [0.25, 0.3) is 5.95 Å². The van der Waals surface area contributed by atoms with E-state index < -0.39 is 17.7 Å². The maximum absolute atomic E-state index is 12.9. The van der Waals surface area contributed by atoms with Crippen LogP contribution in [0, 0.1) is 0 Å². The number of rotatable bonds is 6. The van der Waals surface area contributed by atoms with Gasteiger partial charge >= 0.3 is 12.1 Å². The van der Waals surface area contributed by atoms with Crippen LogP contribution in [0.5, 0.6) is 5.88 Å². The minimum absolute atomic E-state index is 0.0340. The molecule has 0 atom stereocenters. The standard InChI is InChI=1S/C24H24F3N7O3/c1-3-37-22(35)15-12-28-33(14-15)23-30-19-13-29-34(20(19)21(31-23)36-2)18-8-10-32(11-9-18)17-6-4-16(5-7-17)24(25,26)27/h4-7,12-14,18H,3,8-11H2,1-2H3. The van der Waals surface area contributed by atoms with Crippen molar-refractivity contribution in [2.75, 3.05) is 31.7 Å². The van der Waals surface area contributed by atoms with E-state index in [9.17, 15) is 18.0 Å². The van der Waals surface area contributed by atoms with Gasteiger partial charge in [0.05, 0.1) is 43.3 Å². The average molecular weight is 515 g/mol. The zero-order valence-electron chi connectivity index (χ0n) is 20.1. The number of hydrogen-bond acceptors (Lipinski definition) is 8. The first-order chi connectivity index (χ1) is 17.8. The van der Waals surface area contributed by atoms with Gasteiger partial charge in [0.2, 0.25) is 5.88 Å². The van der Waals surface area contributed by atoms with Gasteiger partial charge in [0.15, 0.2) is 0 Å². The van der Waals surface area contributed by atoms with E-state index in [0.717, 1.165) is 30.7 Å². The van der Waals surface area contributed by atoms with Crippen molar-refractivity contribution in [2.45, 2.75) is 32.0 Å². The molecule has 0 N–H and O–H groups in total. The number of hydrogen-bond donors (Lipinski definition) is 0. The molecule has 0 spiro atoms. The third-order valence-corrected chi connectivity index (χ3v) is 6.26. The number of alkyl halides is 3. The third kappa shape index (κ3) is 4.80. The van der Waals surface area contributed by atoms with Crippen molar-refractivity contribution >= 4 is 22.7 Å². The Morgan fingerprint density at radius 1 is 1.08 bits per heavy atom. The fraction of sp³-hybridized carbons (Fsp3) is 0.375. The molecule has 0 saturated carbocycles. The maximum Gasteiger partial charge on any atom is 0.416 e. The lowest BCUT2D eigenvalue weighted by molar-refractivity contribution is -0.137. The van der Waals surface area contributed by atoms with Gasteiger partial charge in [-0.3, -0.25) is 4.68 Å². The van der Waals surface area contributed by atoms with E-state index in [4.69, 9.17) is 9.47 Å². The predicted molar refractivity (Wildman–Crippen MR) is 127 cm³/mol. The predicted octanol–water partition coefficient (Wildman–Crippen LogP) is 4.06. The summed E-state index contributed by atoms with van der Waals surface area (Å²) >= 11 is 0. The average Bonchev–Trinajstić information content (AvgIpc) is 3.56. The Bertz CT molecular complexity index is 1410. The van der Waals surface area contributed by atoms with Crippen LogP contribution in [0.4, 0.5) is 18.9 Å². The zero-order valence-corrected chi connectivity index (χ0v) is 20.1. The summed E-state index contributed by atoms with van der Waals surface area (Å²) in [5.41, 5.74) is 1.56. The Labute approximate surface area is 209 Å². The highest BCUT2D eigenvalue weighted by atomic mass is 19.4. The number of benzene rings is 1. The summed E-state index contributed by atoms with van der Waals surface area (Å²) in [7, 11) is 1.50. The molecule has 4 heterocycles. The molecule has 1 fully saturated rings. The molecular weight excluding hydrogens is 491 g/mol. The van der Waals surface area contributed by atoms with Gasteiger partial charge in [-0.25, -0.2) is 14.5 Å². The molecule has 0 amide bonds. The summed E-state index contributed by atoms with van der Waals surface area (Å²) < 4.78 is 52.4. The summed E-state index contributed by atoms with van der Waals surface area (Å²) in [4.78, 5) is 23.1. The molecule has 1 aliphatic heterocycles. The van der Waals surface area contributed by atoms with Crippen LogP contribution >= 0.6 is 0 Å². The number of piperidine rings is 1. The molecule has 13 heteroatoms. The van der Waals surface area contributed by atoms with Gasteiger partial charge in [0, 0.05) is 25.0 Å². The van der Waals surface area contributed by atoms with Crippen molar-refractivity contribution in [2.24, 2.45) is 0 Å². The van der Waals surface area contributed by atoms with Crippen LogP contribution in [0.1, 0.15) is 41.7 Å². The minimum Gasteiger partial charge on any atom is -0.479 e.